The number of hydrogen-bond donors (Lipinski definition) is 1. The monoisotopic (exact) mass is 210 g/mol. The van der Waals surface area contributed by atoms with Crippen molar-refractivity contribution in [2.24, 2.45) is 17.8 Å². The first-order valence-corrected chi connectivity index (χ1v) is 6.99. The minimum atomic E-state index is 0.0144. The Morgan fingerprint density at radius 2 is 1.80 bits per heavy atom. The molecule has 2 rings (SSSR count). The lowest BCUT2D eigenvalue weighted by molar-refractivity contribution is 0.0188. The molecule has 0 aromatic carbocycles. The summed E-state index contributed by atoms with van der Waals surface area (Å²) in [7, 11) is 0. The summed E-state index contributed by atoms with van der Waals surface area (Å²) in [6.45, 7) is 2.29. The normalized spacial score (nSPS) is 34.8. The first-order valence-electron chi connectivity index (χ1n) is 6.99. The molecule has 1 N–H and O–H groups in total. The van der Waals surface area contributed by atoms with Crippen LogP contribution in [0.2, 0.25) is 0 Å². The van der Waals surface area contributed by atoms with Gasteiger partial charge in [0.15, 0.2) is 0 Å². The van der Waals surface area contributed by atoms with E-state index in [0.29, 0.717) is 5.92 Å². The molecule has 0 aromatic rings. The highest BCUT2D eigenvalue weighted by molar-refractivity contribution is 4.83. The van der Waals surface area contributed by atoms with Crippen LogP contribution in [0.4, 0.5) is 0 Å². The summed E-state index contributed by atoms with van der Waals surface area (Å²) in [4.78, 5) is 0. The Bertz CT molecular complexity index is 186. The molecule has 0 radical (unpaired) electrons. The van der Waals surface area contributed by atoms with Crippen LogP contribution in [0.25, 0.3) is 0 Å². The second kappa shape index (κ2) is 5.34. The zero-order valence-electron chi connectivity index (χ0n) is 10.1. The quantitative estimate of drug-likeness (QED) is 0.749. The van der Waals surface area contributed by atoms with Crippen molar-refractivity contribution >= 4 is 0 Å². The first-order chi connectivity index (χ1) is 7.31. The van der Waals surface area contributed by atoms with Gasteiger partial charge in [-0.1, -0.05) is 51.9 Å². The lowest BCUT2D eigenvalue weighted by atomic mass is 9.71. The molecule has 2 aliphatic carbocycles. The van der Waals surface area contributed by atoms with E-state index in [4.69, 9.17) is 0 Å². The van der Waals surface area contributed by atoms with Gasteiger partial charge in [0, 0.05) is 0 Å². The molecule has 0 heterocycles. The van der Waals surface area contributed by atoms with Crippen LogP contribution in [0.5, 0.6) is 0 Å². The molecule has 2 aliphatic rings. The summed E-state index contributed by atoms with van der Waals surface area (Å²) in [5, 5.41) is 10.3. The van der Waals surface area contributed by atoms with E-state index in [1.807, 2.05) is 0 Å². The highest BCUT2D eigenvalue weighted by Gasteiger charge is 2.32. The van der Waals surface area contributed by atoms with E-state index >= 15 is 0 Å². The third-order valence-corrected chi connectivity index (χ3v) is 4.79. The molecule has 3 unspecified atom stereocenters. The molecule has 1 heteroatoms. The predicted molar refractivity (Wildman–Crippen MR) is 63.7 cm³/mol. The molecule has 0 saturated heterocycles. The number of aliphatic hydroxyl groups excluding tert-OH is 1. The van der Waals surface area contributed by atoms with Gasteiger partial charge < -0.3 is 5.11 Å². The van der Waals surface area contributed by atoms with Crippen LogP contribution in [0.15, 0.2) is 0 Å². The zero-order chi connectivity index (χ0) is 10.7. The van der Waals surface area contributed by atoms with Gasteiger partial charge in [-0.05, 0) is 30.6 Å². The molecule has 0 bridgehead atoms. The number of rotatable bonds is 4. The molecule has 88 valence electrons. The minimum Gasteiger partial charge on any atom is -0.393 e. The van der Waals surface area contributed by atoms with Crippen molar-refractivity contribution in [2.45, 2.75) is 70.8 Å². The second-order valence-corrected chi connectivity index (χ2v) is 5.72. The van der Waals surface area contributed by atoms with Gasteiger partial charge in [-0.25, -0.2) is 0 Å². The Labute approximate surface area is 94.3 Å². The van der Waals surface area contributed by atoms with Gasteiger partial charge in [-0.15, -0.1) is 0 Å². The van der Waals surface area contributed by atoms with Crippen LogP contribution < -0.4 is 0 Å². The molecule has 2 fully saturated rings. The van der Waals surface area contributed by atoms with Gasteiger partial charge in [0.25, 0.3) is 0 Å². The second-order valence-electron chi connectivity index (χ2n) is 5.72. The fraction of sp³-hybridized carbons (Fsp3) is 1.00. The Balaban J connectivity index is 1.82. The lowest BCUT2D eigenvalue weighted by Crippen LogP contribution is -2.33. The van der Waals surface area contributed by atoms with Gasteiger partial charge in [0.2, 0.25) is 0 Å². The fourth-order valence-corrected chi connectivity index (χ4v) is 3.49. The van der Waals surface area contributed by atoms with Crippen LogP contribution in [0.3, 0.4) is 0 Å². The van der Waals surface area contributed by atoms with Crippen LogP contribution >= 0.6 is 0 Å². The Kier molecular flexibility index (Phi) is 4.07. The minimum absolute atomic E-state index is 0.0144. The smallest absolute Gasteiger partial charge is 0.0573 e. The van der Waals surface area contributed by atoms with E-state index in [1.54, 1.807) is 0 Å². The third kappa shape index (κ3) is 2.75. The molecule has 0 amide bonds. The van der Waals surface area contributed by atoms with Crippen LogP contribution in [0, 0.1) is 17.8 Å². The number of hydrogen-bond acceptors (Lipinski definition) is 1. The standard InChI is InChI=1S/C14H26O/c1-2-12-8-3-4-9-13(12)14(15)10-11-6-5-7-11/h11-15H,2-10H2,1H3. The van der Waals surface area contributed by atoms with Crippen LogP contribution in [0.1, 0.15) is 64.7 Å². The highest BCUT2D eigenvalue weighted by atomic mass is 16.3. The van der Waals surface area contributed by atoms with Crippen LogP contribution in [-0.4, -0.2) is 11.2 Å². The molecule has 3 atom stereocenters. The SMILES string of the molecule is CCC1CCCCC1C(O)CC1CCC1. The van der Waals surface area contributed by atoms with E-state index in [0.717, 1.165) is 18.3 Å². The van der Waals surface area contributed by atoms with E-state index in [1.165, 1.54) is 51.4 Å². The summed E-state index contributed by atoms with van der Waals surface area (Å²) in [6, 6.07) is 0. The third-order valence-electron chi connectivity index (χ3n) is 4.79. The zero-order valence-corrected chi connectivity index (χ0v) is 10.1. The maximum atomic E-state index is 10.3. The summed E-state index contributed by atoms with van der Waals surface area (Å²) < 4.78 is 0. The Morgan fingerprint density at radius 3 is 2.40 bits per heavy atom. The maximum Gasteiger partial charge on any atom is 0.0573 e. The molecule has 1 nitrogen and oxygen atoms in total. The summed E-state index contributed by atoms with van der Waals surface area (Å²) in [5.41, 5.74) is 0. The Morgan fingerprint density at radius 1 is 1.07 bits per heavy atom. The van der Waals surface area contributed by atoms with Gasteiger partial charge in [0.1, 0.15) is 0 Å². The van der Waals surface area contributed by atoms with E-state index in [-0.39, 0.29) is 6.10 Å². The number of aliphatic hydroxyl groups is 1. The summed E-state index contributed by atoms with van der Waals surface area (Å²) in [5.74, 6) is 2.30. The predicted octanol–water partition coefficient (Wildman–Crippen LogP) is 3.75. The van der Waals surface area contributed by atoms with Crippen molar-refractivity contribution in [3.05, 3.63) is 0 Å². The maximum absolute atomic E-state index is 10.3. The van der Waals surface area contributed by atoms with Gasteiger partial charge >= 0.3 is 0 Å². The van der Waals surface area contributed by atoms with Crippen LogP contribution in [-0.2, 0) is 0 Å². The largest absolute Gasteiger partial charge is 0.393 e. The van der Waals surface area contributed by atoms with Gasteiger partial charge in [-0.3, -0.25) is 0 Å². The molecule has 0 aromatic heterocycles. The Hall–Kier alpha value is -0.0400. The van der Waals surface area contributed by atoms with Crippen molar-refractivity contribution in [1.82, 2.24) is 0 Å². The van der Waals surface area contributed by atoms with Crippen molar-refractivity contribution in [1.29, 1.82) is 0 Å². The summed E-state index contributed by atoms with van der Waals surface area (Å²) >= 11 is 0. The topological polar surface area (TPSA) is 20.2 Å². The fourth-order valence-electron chi connectivity index (χ4n) is 3.49. The molecular formula is C14H26O. The lowest BCUT2D eigenvalue weighted by Gasteiger charge is -2.37. The first kappa shape index (κ1) is 11.4. The van der Waals surface area contributed by atoms with E-state index in [9.17, 15) is 5.11 Å². The molecule has 2 saturated carbocycles. The average molecular weight is 210 g/mol. The van der Waals surface area contributed by atoms with Gasteiger partial charge in [-0.2, -0.15) is 0 Å². The van der Waals surface area contributed by atoms with Crippen molar-refractivity contribution in [2.75, 3.05) is 0 Å². The molecule has 0 spiro atoms. The van der Waals surface area contributed by atoms with Crippen molar-refractivity contribution < 1.29 is 5.11 Å². The van der Waals surface area contributed by atoms with E-state index in [2.05, 4.69) is 6.92 Å². The van der Waals surface area contributed by atoms with Crippen molar-refractivity contribution in [3.63, 3.8) is 0 Å². The van der Waals surface area contributed by atoms with Gasteiger partial charge in [0.05, 0.1) is 6.10 Å². The molecule has 15 heavy (non-hydrogen) atoms. The van der Waals surface area contributed by atoms with E-state index < -0.39 is 0 Å². The highest BCUT2D eigenvalue weighted by Crippen LogP contribution is 2.39. The van der Waals surface area contributed by atoms with Crippen molar-refractivity contribution in [3.8, 4) is 0 Å². The molecular weight excluding hydrogens is 184 g/mol. The summed E-state index contributed by atoms with van der Waals surface area (Å²) in [6.07, 6.45) is 11.9. The average Bonchev–Trinajstić information content (AvgIpc) is 2.23. The molecule has 0 aliphatic heterocycles.